The highest BCUT2D eigenvalue weighted by Crippen LogP contribution is 2.41. The van der Waals surface area contributed by atoms with Crippen LogP contribution in [0.15, 0.2) is 36.5 Å². The Labute approximate surface area is 169 Å². The van der Waals surface area contributed by atoms with Crippen LogP contribution in [0.3, 0.4) is 0 Å². The quantitative estimate of drug-likeness (QED) is 0.512. The molecule has 4 rings (SSSR count). The van der Waals surface area contributed by atoms with Crippen molar-refractivity contribution >= 4 is 10.9 Å². The second-order valence-electron chi connectivity index (χ2n) is 6.93. The molecule has 2 aromatic heterocycles. The van der Waals surface area contributed by atoms with Crippen LogP contribution >= 0.6 is 0 Å². The van der Waals surface area contributed by atoms with E-state index in [2.05, 4.69) is 53.0 Å². The molecular formula is C22H24N4O3. The highest BCUT2D eigenvalue weighted by Gasteiger charge is 2.19. The highest BCUT2D eigenvalue weighted by atomic mass is 16.5. The van der Waals surface area contributed by atoms with Crippen LogP contribution in [0.1, 0.15) is 11.4 Å². The summed E-state index contributed by atoms with van der Waals surface area (Å²) in [6.45, 7) is 3.99. The molecule has 2 heterocycles. The summed E-state index contributed by atoms with van der Waals surface area (Å²) in [5.74, 6) is 3.07. The average Bonchev–Trinajstić information content (AvgIpc) is 3.26. The number of hydrogen-bond donors (Lipinski definition) is 0. The van der Waals surface area contributed by atoms with Gasteiger partial charge in [0.25, 0.3) is 0 Å². The lowest BCUT2D eigenvalue weighted by Gasteiger charge is -2.14. The number of methoxy groups -OCH3 is 3. The lowest BCUT2D eigenvalue weighted by molar-refractivity contribution is 0.324. The fourth-order valence-corrected chi connectivity index (χ4v) is 3.70. The minimum absolute atomic E-state index is 0.544. The maximum Gasteiger partial charge on any atom is 0.203 e. The molecule has 4 aromatic rings. The molecule has 0 saturated heterocycles. The highest BCUT2D eigenvalue weighted by molar-refractivity contribution is 5.86. The van der Waals surface area contributed by atoms with E-state index in [-0.39, 0.29) is 0 Å². The van der Waals surface area contributed by atoms with Crippen molar-refractivity contribution in [2.24, 2.45) is 7.05 Å². The molecule has 0 aliphatic rings. The molecule has 7 nitrogen and oxygen atoms in total. The van der Waals surface area contributed by atoms with E-state index in [1.54, 1.807) is 21.3 Å². The standard InChI is InChI=1S/C22H24N4O3/c1-13-12-25(3)18-8-7-16(11-17(13)18)26-22(23-14(2)24-26)15-9-19(27-4)21(29-6)20(10-15)28-5/h7-12H,1-6H3. The van der Waals surface area contributed by atoms with E-state index in [1.807, 2.05) is 23.7 Å². The van der Waals surface area contributed by atoms with Crippen LogP contribution in [0.25, 0.3) is 28.0 Å². The maximum atomic E-state index is 5.50. The van der Waals surface area contributed by atoms with Gasteiger partial charge in [0.15, 0.2) is 17.3 Å². The minimum Gasteiger partial charge on any atom is -0.493 e. The van der Waals surface area contributed by atoms with Crippen molar-refractivity contribution in [1.29, 1.82) is 0 Å². The van der Waals surface area contributed by atoms with Gasteiger partial charge in [0.2, 0.25) is 5.75 Å². The number of hydrogen-bond acceptors (Lipinski definition) is 5. The Bertz CT molecular complexity index is 1180. The Morgan fingerprint density at radius 2 is 1.59 bits per heavy atom. The number of nitrogens with zero attached hydrogens (tertiary/aromatic N) is 4. The summed E-state index contributed by atoms with van der Waals surface area (Å²) in [4.78, 5) is 4.67. The van der Waals surface area contributed by atoms with Gasteiger partial charge < -0.3 is 18.8 Å². The molecule has 0 saturated carbocycles. The number of fused-ring (bicyclic) bond motifs is 1. The van der Waals surface area contributed by atoms with Crippen LogP contribution in [-0.2, 0) is 7.05 Å². The summed E-state index contributed by atoms with van der Waals surface area (Å²) < 4.78 is 20.4. The first-order valence-corrected chi connectivity index (χ1v) is 9.27. The third-order valence-corrected chi connectivity index (χ3v) is 5.05. The van der Waals surface area contributed by atoms with Crippen LogP contribution in [0, 0.1) is 13.8 Å². The third kappa shape index (κ3) is 3.08. The van der Waals surface area contributed by atoms with Gasteiger partial charge in [-0.05, 0) is 49.7 Å². The number of benzene rings is 2. The van der Waals surface area contributed by atoms with Crippen molar-refractivity contribution in [2.45, 2.75) is 13.8 Å². The van der Waals surface area contributed by atoms with E-state index in [0.717, 1.165) is 11.3 Å². The molecule has 0 aliphatic heterocycles. The predicted molar refractivity (Wildman–Crippen MR) is 112 cm³/mol. The number of aromatic nitrogens is 4. The van der Waals surface area contributed by atoms with Gasteiger partial charge in [-0.3, -0.25) is 0 Å². The van der Waals surface area contributed by atoms with Gasteiger partial charge in [0.05, 0.1) is 27.0 Å². The Balaban J connectivity index is 1.92. The third-order valence-electron chi connectivity index (χ3n) is 5.05. The number of rotatable bonds is 5. The summed E-state index contributed by atoms with van der Waals surface area (Å²) in [6.07, 6.45) is 2.13. The van der Waals surface area contributed by atoms with Crippen molar-refractivity contribution in [3.8, 4) is 34.3 Å². The van der Waals surface area contributed by atoms with E-state index < -0.39 is 0 Å². The van der Waals surface area contributed by atoms with E-state index in [4.69, 9.17) is 14.2 Å². The van der Waals surface area contributed by atoms with Gasteiger partial charge in [-0.1, -0.05) is 0 Å². The Morgan fingerprint density at radius 1 is 0.897 bits per heavy atom. The van der Waals surface area contributed by atoms with E-state index >= 15 is 0 Å². The normalized spacial score (nSPS) is 11.1. The first kappa shape index (κ1) is 18.9. The van der Waals surface area contributed by atoms with Gasteiger partial charge in [0, 0.05) is 29.7 Å². The summed E-state index contributed by atoms with van der Waals surface area (Å²) in [7, 11) is 6.84. The fourth-order valence-electron chi connectivity index (χ4n) is 3.70. The van der Waals surface area contributed by atoms with Crippen LogP contribution in [0.2, 0.25) is 0 Å². The lowest BCUT2D eigenvalue weighted by Crippen LogP contribution is -2.01. The van der Waals surface area contributed by atoms with Gasteiger partial charge >= 0.3 is 0 Å². The molecule has 0 spiro atoms. The van der Waals surface area contributed by atoms with Crippen LogP contribution in [0.5, 0.6) is 17.2 Å². The number of ether oxygens (including phenoxy) is 3. The molecule has 29 heavy (non-hydrogen) atoms. The smallest absolute Gasteiger partial charge is 0.203 e. The lowest BCUT2D eigenvalue weighted by atomic mass is 10.1. The molecule has 0 N–H and O–H groups in total. The molecule has 0 radical (unpaired) electrons. The van der Waals surface area contributed by atoms with Crippen molar-refractivity contribution in [3.63, 3.8) is 0 Å². The molecule has 0 atom stereocenters. The van der Waals surface area contributed by atoms with Crippen molar-refractivity contribution in [3.05, 3.63) is 47.9 Å². The monoisotopic (exact) mass is 392 g/mol. The van der Waals surface area contributed by atoms with E-state index in [9.17, 15) is 0 Å². The minimum atomic E-state index is 0.544. The first-order chi connectivity index (χ1) is 14.0. The van der Waals surface area contributed by atoms with Gasteiger partial charge in [-0.15, -0.1) is 0 Å². The zero-order valence-electron chi connectivity index (χ0n) is 17.5. The Hall–Kier alpha value is -3.48. The summed E-state index contributed by atoms with van der Waals surface area (Å²) >= 11 is 0. The first-order valence-electron chi connectivity index (χ1n) is 9.27. The topological polar surface area (TPSA) is 63.3 Å². The van der Waals surface area contributed by atoms with Crippen molar-refractivity contribution < 1.29 is 14.2 Å². The SMILES string of the molecule is COc1cc(-c2nc(C)nn2-c2ccc3c(c2)c(C)cn3C)cc(OC)c1OC. The van der Waals surface area contributed by atoms with E-state index in [1.165, 1.54) is 16.5 Å². The Kier molecular flexibility index (Phi) is 4.66. The van der Waals surface area contributed by atoms with Crippen LogP contribution in [0.4, 0.5) is 0 Å². The molecule has 0 aliphatic carbocycles. The number of aryl methyl sites for hydroxylation is 3. The fraction of sp³-hybridized carbons (Fsp3) is 0.273. The maximum absolute atomic E-state index is 5.50. The zero-order valence-corrected chi connectivity index (χ0v) is 17.5. The van der Waals surface area contributed by atoms with E-state index in [0.29, 0.717) is 28.9 Å². The molecule has 0 bridgehead atoms. The van der Waals surface area contributed by atoms with Crippen molar-refractivity contribution in [1.82, 2.24) is 19.3 Å². The molecule has 0 unspecified atom stereocenters. The van der Waals surface area contributed by atoms with Gasteiger partial charge in [-0.2, -0.15) is 5.10 Å². The summed E-state index contributed by atoms with van der Waals surface area (Å²) in [5, 5.41) is 5.83. The molecule has 2 aromatic carbocycles. The molecule has 0 fully saturated rings. The summed E-state index contributed by atoms with van der Waals surface area (Å²) in [6, 6.07) is 10.1. The second kappa shape index (κ2) is 7.16. The van der Waals surface area contributed by atoms with Gasteiger partial charge in [-0.25, -0.2) is 9.67 Å². The van der Waals surface area contributed by atoms with Crippen molar-refractivity contribution in [2.75, 3.05) is 21.3 Å². The largest absolute Gasteiger partial charge is 0.493 e. The average molecular weight is 392 g/mol. The van der Waals surface area contributed by atoms with Gasteiger partial charge in [0.1, 0.15) is 5.82 Å². The Morgan fingerprint density at radius 3 is 2.21 bits per heavy atom. The molecule has 7 heteroatoms. The molecule has 0 amide bonds. The predicted octanol–water partition coefficient (Wildman–Crippen LogP) is 4.07. The summed E-state index contributed by atoms with van der Waals surface area (Å²) in [5.41, 5.74) is 4.16. The van der Waals surface area contributed by atoms with Crippen LogP contribution < -0.4 is 14.2 Å². The van der Waals surface area contributed by atoms with Crippen LogP contribution in [-0.4, -0.2) is 40.7 Å². The zero-order chi connectivity index (χ0) is 20.7. The second-order valence-corrected chi connectivity index (χ2v) is 6.93. The molecule has 150 valence electrons. The molecular weight excluding hydrogens is 368 g/mol.